The van der Waals surface area contributed by atoms with E-state index in [1.165, 1.54) is 24.6 Å². The molecule has 0 saturated carbocycles. The van der Waals surface area contributed by atoms with Crippen LogP contribution in [0.25, 0.3) is 0 Å². The molecule has 0 bridgehead atoms. The van der Waals surface area contributed by atoms with Gasteiger partial charge in [0, 0.05) is 56.7 Å². The molecule has 2 amide bonds. The van der Waals surface area contributed by atoms with Crippen LogP contribution in [0.3, 0.4) is 0 Å². The van der Waals surface area contributed by atoms with Crippen molar-refractivity contribution in [1.29, 1.82) is 0 Å². The minimum Gasteiger partial charge on any atom is -0.341 e. The highest BCUT2D eigenvalue weighted by molar-refractivity contribution is 7.99. The quantitative estimate of drug-likeness (QED) is 0.745. The Kier molecular flexibility index (Phi) is 6.67. The molecule has 142 valence electrons. The number of nitrogens with zero attached hydrogens (tertiary/aromatic N) is 3. The predicted molar refractivity (Wildman–Crippen MR) is 103 cm³/mol. The smallest absolute Gasteiger partial charge is 0.242 e. The summed E-state index contributed by atoms with van der Waals surface area (Å²) in [7, 11) is 0. The Morgan fingerprint density at radius 3 is 2.48 bits per heavy atom. The van der Waals surface area contributed by atoms with Crippen LogP contribution in [0.15, 0.2) is 0 Å². The van der Waals surface area contributed by atoms with E-state index < -0.39 is 0 Å². The molecule has 3 aliphatic rings. The lowest BCUT2D eigenvalue weighted by Gasteiger charge is -2.40. The van der Waals surface area contributed by atoms with Gasteiger partial charge in [-0.25, -0.2) is 0 Å². The van der Waals surface area contributed by atoms with Crippen LogP contribution >= 0.6 is 11.8 Å². The Labute approximate surface area is 156 Å². The Morgan fingerprint density at radius 1 is 1.16 bits per heavy atom. The van der Waals surface area contributed by atoms with Gasteiger partial charge in [0.2, 0.25) is 11.8 Å². The molecule has 0 aromatic heterocycles. The maximum Gasteiger partial charge on any atom is 0.242 e. The van der Waals surface area contributed by atoms with Crippen molar-refractivity contribution in [2.75, 3.05) is 50.8 Å². The molecule has 25 heavy (non-hydrogen) atoms. The topological polar surface area (TPSA) is 43.9 Å². The van der Waals surface area contributed by atoms with Crippen LogP contribution in [0.4, 0.5) is 0 Å². The standard InChI is InChI=1S/C19H33N3O2S/c1-15(2)11-16-12-18(23)22(13-16)14-19(24)21-5-3-17(4-6-21)20-7-9-25-10-8-20/h15-17H,3-14H2,1-2H3/t16-/m0/s1. The molecule has 3 aliphatic heterocycles. The van der Waals surface area contributed by atoms with Gasteiger partial charge in [-0.1, -0.05) is 13.8 Å². The molecule has 5 nitrogen and oxygen atoms in total. The van der Waals surface area contributed by atoms with E-state index in [2.05, 4.69) is 18.7 Å². The van der Waals surface area contributed by atoms with Crippen LogP contribution in [0.1, 0.15) is 39.5 Å². The monoisotopic (exact) mass is 367 g/mol. The molecule has 0 spiro atoms. The van der Waals surface area contributed by atoms with Crippen LogP contribution < -0.4 is 0 Å². The molecular weight excluding hydrogens is 334 g/mol. The summed E-state index contributed by atoms with van der Waals surface area (Å²) >= 11 is 2.05. The van der Waals surface area contributed by atoms with E-state index in [9.17, 15) is 9.59 Å². The second-order valence-electron chi connectivity index (χ2n) is 8.23. The third-order valence-corrected chi connectivity index (χ3v) is 6.75. The van der Waals surface area contributed by atoms with E-state index in [1.807, 2.05) is 16.7 Å². The summed E-state index contributed by atoms with van der Waals surface area (Å²) in [5.41, 5.74) is 0. The van der Waals surface area contributed by atoms with Crippen LogP contribution in [-0.4, -0.2) is 83.3 Å². The van der Waals surface area contributed by atoms with Gasteiger partial charge in [0.05, 0.1) is 6.54 Å². The zero-order chi connectivity index (χ0) is 17.8. The average molecular weight is 368 g/mol. The number of rotatable bonds is 5. The van der Waals surface area contributed by atoms with Crippen molar-refractivity contribution in [3.63, 3.8) is 0 Å². The molecule has 3 heterocycles. The number of likely N-dealkylation sites (tertiary alicyclic amines) is 2. The first kappa shape index (κ1) is 19.0. The number of carbonyl (C=O) groups is 2. The number of carbonyl (C=O) groups excluding carboxylic acids is 2. The summed E-state index contributed by atoms with van der Waals surface area (Å²) in [5.74, 6) is 3.84. The summed E-state index contributed by atoms with van der Waals surface area (Å²) in [6.45, 7) is 9.55. The molecule has 0 unspecified atom stereocenters. The molecule has 0 radical (unpaired) electrons. The van der Waals surface area contributed by atoms with Crippen LogP contribution in [0.2, 0.25) is 0 Å². The van der Waals surface area contributed by atoms with Crippen molar-refractivity contribution >= 4 is 23.6 Å². The first-order valence-electron chi connectivity index (χ1n) is 9.90. The molecule has 3 rings (SSSR count). The van der Waals surface area contributed by atoms with Gasteiger partial charge >= 0.3 is 0 Å². The number of thioether (sulfide) groups is 1. The van der Waals surface area contributed by atoms with Gasteiger partial charge in [-0.2, -0.15) is 11.8 Å². The van der Waals surface area contributed by atoms with E-state index in [4.69, 9.17) is 0 Å². The Hall–Kier alpha value is -0.750. The molecular formula is C19H33N3O2S. The minimum atomic E-state index is 0.145. The van der Waals surface area contributed by atoms with Crippen LogP contribution in [0.5, 0.6) is 0 Å². The van der Waals surface area contributed by atoms with Crippen molar-refractivity contribution in [2.45, 2.75) is 45.6 Å². The maximum absolute atomic E-state index is 12.6. The van der Waals surface area contributed by atoms with Gasteiger partial charge < -0.3 is 9.80 Å². The van der Waals surface area contributed by atoms with E-state index >= 15 is 0 Å². The third kappa shape index (κ3) is 5.13. The summed E-state index contributed by atoms with van der Waals surface area (Å²) < 4.78 is 0. The summed E-state index contributed by atoms with van der Waals surface area (Å²) in [6.07, 6.45) is 3.87. The number of amides is 2. The van der Waals surface area contributed by atoms with Crippen LogP contribution in [-0.2, 0) is 9.59 Å². The summed E-state index contributed by atoms with van der Waals surface area (Å²) in [5, 5.41) is 0. The molecule has 1 atom stereocenters. The molecule has 0 aliphatic carbocycles. The van der Waals surface area contributed by atoms with Crippen molar-refractivity contribution in [1.82, 2.24) is 14.7 Å². The van der Waals surface area contributed by atoms with Gasteiger partial charge in [0.15, 0.2) is 0 Å². The highest BCUT2D eigenvalue weighted by Crippen LogP contribution is 2.25. The predicted octanol–water partition coefficient (Wildman–Crippen LogP) is 1.92. The number of hydrogen-bond acceptors (Lipinski definition) is 4. The minimum absolute atomic E-state index is 0.145. The van der Waals surface area contributed by atoms with E-state index in [-0.39, 0.29) is 11.8 Å². The average Bonchev–Trinajstić information content (AvgIpc) is 2.94. The summed E-state index contributed by atoms with van der Waals surface area (Å²) in [4.78, 5) is 31.2. The van der Waals surface area contributed by atoms with Crippen molar-refractivity contribution in [3.05, 3.63) is 0 Å². The second kappa shape index (κ2) is 8.76. The van der Waals surface area contributed by atoms with Crippen molar-refractivity contribution in [3.8, 4) is 0 Å². The van der Waals surface area contributed by atoms with Crippen LogP contribution in [0, 0.1) is 11.8 Å². The molecule has 3 fully saturated rings. The number of hydrogen-bond donors (Lipinski definition) is 0. The fraction of sp³-hybridized carbons (Fsp3) is 0.895. The third-order valence-electron chi connectivity index (χ3n) is 5.80. The first-order valence-corrected chi connectivity index (χ1v) is 11.1. The lowest BCUT2D eigenvalue weighted by Crippen LogP contribution is -2.50. The Morgan fingerprint density at radius 2 is 1.84 bits per heavy atom. The van der Waals surface area contributed by atoms with Crippen molar-refractivity contribution in [2.24, 2.45) is 11.8 Å². The van der Waals surface area contributed by atoms with E-state index in [1.54, 1.807) is 4.90 Å². The van der Waals surface area contributed by atoms with Gasteiger partial charge in [-0.05, 0) is 31.1 Å². The fourth-order valence-electron chi connectivity index (χ4n) is 4.52. The zero-order valence-corrected chi connectivity index (χ0v) is 16.6. The van der Waals surface area contributed by atoms with Gasteiger partial charge in [0.1, 0.15) is 0 Å². The highest BCUT2D eigenvalue weighted by atomic mass is 32.2. The highest BCUT2D eigenvalue weighted by Gasteiger charge is 2.33. The molecule has 3 saturated heterocycles. The first-order chi connectivity index (χ1) is 12.0. The Bertz CT molecular complexity index is 471. The lowest BCUT2D eigenvalue weighted by molar-refractivity contribution is -0.139. The lowest BCUT2D eigenvalue weighted by atomic mass is 9.96. The molecule has 6 heteroatoms. The fourth-order valence-corrected chi connectivity index (χ4v) is 5.45. The largest absolute Gasteiger partial charge is 0.341 e. The molecule has 0 N–H and O–H groups in total. The zero-order valence-electron chi connectivity index (χ0n) is 15.8. The Balaban J connectivity index is 1.42. The maximum atomic E-state index is 12.6. The second-order valence-corrected chi connectivity index (χ2v) is 9.46. The van der Waals surface area contributed by atoms with E-state index in [0.29, 0.717) is 30.8 Å². The van der Waals surface area contributed by atoms with E-state index in [0.717, 1.165) is 38.9 Å². The summed E-state index contributed by atoms with van der Waals surface area (Å²) in [6, 6.07) is 0.647. The van der Waals surface area contributed by atoms with Gasteiger partial charge in [0.25, 0.3) is 0 Å². The normalized spacial score (nSPS) is 26.7. The van der Waals surface area contributed by atoms with Gasteiger partial charge in [-0.15, -0.1) is 0 Å². The SMILES string of the molecule is CC(C)C[C@H]1CC(=O)N(CC(=O)N2CCC(N3CCSCC3)CC2)C1. The molecule has 0 aromatic rings. The van der Waals surface area contributed by atoms with Gasteiger partial charge in [-0.3, -0.25) is 14.5 Å². The van der Waals surface area contributed by atoms with Crippen molar-refractivity contribution < 1.29 is 9.59 Å². The number of piperidine rings is 1. The molecule has 0 aromatic carbocycles.